The maximum Gasteiger partial charge on any atom is 0.371 e. The third-order valence-corrected chi connectivity index (χ3v) is 1.96. The monoisotopic (exact) mass is 210 g/mol. The smallest absolute Gasteiger partial charge is 0.371 e. The van der Waals surface area contributed by atoms with E-state index in [4.69, 9.17) is 5.11 Å². The van der Waals surface area contributed by atoms with Crippen LogP contribution in [0.2, 0.25) is 0 Å². The molecule has 8 heteroatoms. The van der Waals surface area contributed by atoms with Crippen LogP contribution in [-0.4, -0.2) is 30.6 Å². The second-order valence-corrected chi connectivity index (χ2v) is 2.91. The van der Waals surface area contributed by atoms with Crippen LogP contribution in [0.3, 0.4) is 0 Å². The first kappa shape index (κ1) is 9.19. The Morgan fingerprint density at radius 2 is 2.07 bits per heavy atom. The number of fused-ring (bicyclic) bond motifs is 1. The van der Waals surface area contributed by atoms with Gasteiger partial charge in [-0.15, -0.1) is 0 Å². The van der Waals surface area contributed by atoms with Crippen molar-refractivity contribution in [3.05, 3.63) is 26.7 Å². The molecule has 2 aromatic heterocycles. The van der Waals surface area contributed by atoms with E-state index in [1.807, 2.05) is 4.98 Å². The Balaban J connectivity index is 2.98. The van der Waals surface area contributed by atoms with Crippen molar-refractivity contribution < 1.29 is 9.90 Å². The zero-order valence-corrected chi connectivity index (χ0v) is 7.57. The standard InChI is InChI=1S/C7H6N4O4/c1-11-4-2(5(12)10-7(11)15)8-3(9-4)6(13)14/h1H3,(H,8,9)(H,13,14)(H,10,12,15). The molecule has 0 amide bonds. The van der Waals surface area contributed by atoms with Gasteiger partial charge in [-0.1, -0.05) is 0 Å². The SMILES string of the molecule is Cn1c(=O)[nH]c(=O)c2[nH]c(C(=O)O)nc21. The normalized spacial score (nSPS) is 10.7. The first-order valence-electron chi connectivity index (χ1n) is 3.93. The largest absolute Gasteiger partial charge is 0.475 e. The number of carbonyl (C=O) groups is 1. The molecule has 0 aliphatic carbocycles. The molecule has 0 aromatic carbocycles. The lowest BCUT2D eigenvalue weighted by atomic mass is 10.5. The van der Waals surface area contributed by atoms with Crippen molar-refractivity contribution in [1.82, 2.24) is 19.5 Å². The van der Waals surface area contributed by atoms with Gasteiger partial charge in [0, 0.05) is 7.05 Å². The Labute approximate surface area is 81.2 Å². The minimum absolute atomic E-state index is 0.0150. The van der Waals surface area contributed by atoms with Gasteiger partial charge in [0.05, 0.1) is 0 Å². The highest BCUT2D eigenvalue weighted by Crippen LogP contribution is 2.02. The van der Waals surface area contributed by atoms with E-state index in [0.29, 0.717) is 0 Å². The summed E-state index contributed by atoms with van der Waals surface area (Å²) < 4.78 is 1.06. The molecule has 15 heavy (non-hydrogen) atoms. The van der Waals surface area contributed by atoms with E-state index >= 15 is 0 Å². The molecular weight excluding hydrogens is 204 g/mol. The molecule has 0 aliphatic heterocycles. The first-order valence-corrected chi connectivity index (χ1v) is 3.93. The van der Waals surface area contributed by atoms with Crippen LogP contribution in [0, 0.1) is 0 Å². The molecule has 2 heterocycles. The summed E-state index contributed by atoms with van der Waals surface area (Å²) in [6.45, 7) is 0. The Hall–Kier alpha value is -2.38. The van der Waals surface area contributed by atoms with Crippen molar-refractivity contribution in [2.24, 2.45) is 7.05 Å². The molecule has 2 aromatic rings. The van der Waals surface area contributed by atoms with Crippen LogP contribution in [0.1, 0.15) is 10.6 Å². The maximum atomic E-state index is 11.3. The van der Waals surface area contributed by atoms with Gasteiger partial charge < -0.3 is 10.1 Å². The lowest BCUT2D eigenvalue weighted by molar-refractivity contribution is 0.0685. The number of hydrogen-bond donors (Lipinski definition) is 3. The summed E-state index contributed by atoms with van der Waals surface area (Å²) in [5, 5.41) is 8.64. The number of carboxylic acid groups (broad SMARTS) is 1. The molecule has 8 nitrogen and oxygen atoms in total. The molecule has 0 radical (unpaired) electrons. The van der Waals surface area contributed by atoms with Gasteiger partial charge in [-0.2, -0.15) is 0 Å². The molecule has 3 N–H and O–H groups in total. The second kappa shape index (κ2) is 2.80. The number of imidazole rings is 1. The van der Waals surface area contributed by atoms with E-state index < -0.39 is 17.2 Å². The average molecular weight is 210 g/mol. The summed E-state index contributed by atoms with van der Waals surface area (Å²) in [5.74, 6) is -1.67. The molecule has 0 saturated heterocycles. The number of nitrogens with zero attached hydrogens (tertiary/aromatic N) is 2. The van der Waals surface area contributed by atoms with Crippen LogP contribution in [-0.2, 0) is 7.05 Å². The number of aryl methyl sites for hydroxylation is 1. The van der Waals surface area contributed by atoms with Gasteiger partial charge in [0.1, 0.15) is 5.52 Å². The van der Waals surface area contributed by atoms with E-state index in [9.17, 15) is 14.4 Å². The number of nitrogens with one attached hydrogen (secondary N) is 2. The topological polar surface area (TPSA) is 121 Å². The van der Waals surface area contributed by atoms with Crippen LogP contribution in [0.5, 0.6) is 0 Å². The molecule has 0 aliphatic rings. The molecule has 0 spiro atoms. The van der Waals surface area contributed by atoms with Crippen LogP contribution >= 0.6 is 0 Å². The Kier molecular flexibility index (Phi) is 1.72. The zero-order valence-electron chi connectivity index (χ0n) is 7.57. The molecular formula is C7H6N4O4. The van der Waals surface area contributed by atoms with E-state index in [1.165, 1.54) is 7.05 Å². The Morgan fingerprint density at radius 3 is 2.67 bits per heavy atom. The number of aromatic carboxylic acids is 1. The lowest BCUT2D eigenvalue weighted by Crippen LogP contribution is -2.28. The minimum Gasteiger partial charge on any atom is -0.475 e. The third kappa shape index (κ3) is 1.23. The van der Waals surface area contributed by atoms with Gasteiger partial charge in [0.2, 0.25) is 5.82 Å². The fraction of sp³-hybridized carbons (Fsp3) is 0.143. The third-order valence-electron chi connectivity index (χ3n) is 1.96. The molecule has 0 saturated carbocycles. The van der Waals surface area contributed by atoms with E-state index in [1.54, 1.807) is 0 Å². The van der Waals surface area contributed by atoms with Gasteiger partial charge in [0.15, 0.2) is 5.65 Å². The highest BCUT2D eigenvalue weighted by molar-refractivity contribution is 5.87. The van der Waals surface area contributed by atoms with Crippen molar-refractivity contribution in [2.45, 2.75) is 0 Å². The van der Waals surface area contributed by atoms with Crippen molar-refractivity contribution in [2.75, 3.05) is 0 Å². The number of aromatic amines is 2. The molecule has 0 fully saturated rings. The van der Waals surface area contributed by atoms with Crippen LogP contribution in [0.15, 0.2) is 9.59 Å². The summed E-state index contributed by atoms with van der Waals surface area (Å²) >= 11 is 0. The summed E-state index contributed by atoms with van der Waals surface area (Å²) in [7, 11) is 1.38. The fourth-order valence-corrected chi connectivity index (χ4v) is 1.21. The highest BCUT2D eigenvalue weighted by atomic mass is 16.4. The van der Waals surface area contributed by atoms with Gasteiger partial charge in [0.25, 0.3) is 5.56 Å². The summed E-state index contributed by atoms with van der Waals surface area (Å²) in [6.07, 6.45) is 0. The van der Waals surface area contributed by atoms with Gasteiger partial charge in [-0.25, -0.2) is 14.6 Å². The van der Waals surface area contributed by atoms with Crippen LogP contribution in [0.4, 0.5) is 0 Å². The Bertz CT molecular complexity index is 662. The van der Waals surface area contributed by atoms with Crippen molar-refractivity contribution in [3.63, 3.8) is 0 Å². The summed E-state index contributed by atoms with van der Waals surface area (Å²) in [5.41, 5.74) is -1.35. The van der Waals surface area contributed by atoms with E-state index in [0.717, 1.165) is 4.57 Å². The molecule has 0 unspecified atom stereocenters. The van der Waals surface area contributed by atoms with E-state index in [-0.39, 0.29) is 17.0 Å². The number of aromatic nitrogens is 4. The number of carboxylic acids is 1. The molecule has 0 bridgehead atoms. The number of hydrogen-bond acceptors (Lipinski definition) is 4. The summed E-state index contributed by atoms with van der Waals surface area (Å²) in [6, 6.07) is 0. The van der Waals surface area contributed by atoms with Gasteiger partial charge in [-0.05, 0) is 0 Å². The highest BCUT2D eigenvalue weighted by Gasteiger charge is 2.14. The maximum absolute atomic E-state index is 11.3. The van der Waals surface area contributed by atoms with E-state index in [2.05, 4.69) is 9.97 Å². The quantitative estimate of drug-likeness (QED) is 0.537. The van der Waals surface area contributed by atoms with Gasteiger partial charge in [-0.3, -0.25) is 14.3 Å². The number of H-pyrrole nitrogens is 2. The molecule has 0 atom stereocenters. The molecule has 2 rings (SSSR count). The van der Waals surface area contributed by atoms with Crippen molar-refractivity contribution in [3.8, 4) is 0 Å². The van der Waals surface area contributed by atoms with Crippen molar-refractivity contribution >= 4 is 17.1 Å². The second-order valence-electron chi connectivity index (χ2n) is 2.91. The average Bonchev–Trinajstić information content (AvgIpc) is 2.59. The predicted octanol–water partition coefficient (Wildman–Crippen LogP) is -1.35. The zero-order chi connectivity index (χ0) is 11.2. The minimum atomic E-state index is -1.29. The first-order chi connectivity index (χ1) is 7.00. The van der Waals surface area contributed by atoms with Crippen molar-refractivity contribution in [1.29, 1.82) is 0 Å². The summed E-state index contributed by atoms with van der Waals surface area (Å²) in [4.78, 5) is 40.9. The number of rotatable bonds is 1. The lowest BCUT2D eigenvalue weighted by Gasteiger charge is -1.94. The van der Waals surface area contributed by atoms with Crippen LogP contribution < -0.4 is 11.2 Å². The fourth-order valence-electron chi connectivity index (χ4n) is 1.21. The molecule has 78 valence electrons. The van der Waals surface area contributed by atoms with Gasteiger partial charge >= 0.3 is 11.7 Å². The Morgan fingerprint density at radius 1 is 1.40 bits per heavy atom. The van der Waals surface area contributed by atoms with Crippen LogP contribution in [0.25, 0.3) is 11.2 Å². The predicted molar refractivity (Wildman–Crippen MR) is 48.9 cm³/mol.